The zero-order valence-electron chi connectivity index (χ0n) is 23.2. The van der Waals surface area contributed by atoms with Crippen LogP contribution in [0.25, 0.3) is 0 Å². The first-order valence-electron chi connectivity index (χ1n) is 14.5. The molecule has 7 rings (SSSR count). The van der Waals surface area contributed by atoms with Gasteiger partial charge in [0.05, 0.1) is 18.0 Å². The van der Waals surface area contributed by atoms with Gasteiger partial charge in [0.25, 0.3) is 17.6 Å². The van der Waals surface area contributed by atoms with Gasteiger partial charge in [-0.05, 0) is 79.8 Å². The average Bonchev–Trinajstić information content (AvgIpc) is 3.48. The quantitative estimate of drug-likeness (QED) is 0.234. The fourth-order valence-electron chi connectivity index (χ4n) is 6.72. The molecule has 2 aromatic rings. The molecule has 3 fully saturated rings. The lowest BCUT2D eigenvalue weighted by Crippen LogP contribution is -2.53. The number of hydrogen-bond donors (Lipinski definition) is 2. The minimum atomic E-state index is -0.183. The summed E-state index contributed by atoms with van der Waals surface area (Å²) in [6.45, 7) is 1.35. The number of para-hydroxylation sites is 1. The van der Waals surface area contributed by atoms with Crippen LogP contribution in [0.3, 0.4) is 0 Å². The van der Waals surface area contributed by atoms with Crippen LogP contribution < -0.4 is 11.2 Å². The van der Waals surface area contributed by atoms with Gasteiger partial charge < -0.3 is 10.2 Å². The van der Waals surface area contributed by atoms with E-state index in [4.69, 9.17) is 10.8 Å². The Morgan fingerprint density at radius 1 is 1.05 bits per heavy atom. The number of carbonyl (C=O) groups is 2. The molecule has 42 heavy (non-hydrogen) atoms. The van der Waals surface area contributed by atoms with Gasteiger partial charge in [-0.3, -0.25) is 14.6 Å². The van der Waals surface area contributed by atoms with Gasteiger partial charge in [0.1, 0.15) is 23.5 Å². The van der Waals surface area contributed by atoms with Gasteiger partial charge in [0.15, 0.2) is 0 Å². The van der Waals surface area contributed by atoms with Gasteiger partial charge >= 0.3 is 0 Å². The summed E-state index contributed by atoms with van der Waals surface area (Å²) in [5.74, 6) is 8.68. The Morgan fingerprint density at radius 3 is 2.43 bits per heavy atom. The van der Waals surface area contributed by atoms with Crippen LogP contribution in [0.4, 0.5) is 5.69 Å². The Balaban J connectivity index is 1.08. The van der Waals surface area contributed by atoms with Crippen LogP contribution in [-0.4, -0.2) is 46.4 Å². The number of aliphatic imine (C=N–C) groups is 2. The number of rotatable bonds is 6. The first kappa shape index (κ1) is 26.3. The summed E-state index contributed by atoms with van der Waals surface area (Å²) >= 11 is 0. The van der Waals surface area contributed by atoms with Crippen molar-refractivity contribution in [2.75, 3.05) is 18.4 Å². The molecule has 210 valence electrons. The lowest BCUT2D eigenvalue weighted by Gasteiger charge is -2.26. The Labute approximate surface area is 244 Å². The molecule has 3 heterocycles. The Morgan fingerprint density at radius 2 is 1.76 bits per heavy atom. The molecule has 1 saturated heterocycles. The molecule has 9 heteroatoms. The maximum absolute atomic E-state index is 13.0. The molecular formula is C33H32N7O2+. The molecule has 0 radical (unpaired) electrons. The van der Waals surface area contributed by atoms with Gasteiger partial charge in [-0.2, -0.15) is 16.1 Å². The molecule has 2 aromatic carbocycles. The second kappa shape index (κ2) is 10.3. The standard InChI is InChI=1S/C33H31N7O2/c34-17-25(14-21-6-7-21)33(42)39-19-26-15-24(16-27(26)20-39)30-29-18-36-12-13-40(29,35)31(38-30)22-8-10-23(11-9-22)32(41)37-28-4-2-1-3-5-28/h1-5,8-14,18,21,24,26-27H,6-7,15-16,19-20,35H2/p+1/b25-14-. The highest BCUT2D eigenvalue weighted by atomic mass is 16.2. The molecule has 0 spiro atoms. The van der Waals surface area contributed by atoms with Crippen molar-refractivity contribution >= 4 is 29.6 Å². The van der Waals surface area contributed by atoms with E-state index in [1.54, 1.807) is 24.5 Å². The average molecular weight is 559 g/mol. The molecule has 2 amide bonds. The van der Waals surface area contributed by atoms with E-state index >= 15 is 0 Å². The van der Waals surface area contributed by atoms with Crippen molar-refractivity contribution in [3.05, 3.63) is 101 Å². The number of nitrogens with two attached hydrogens (primary N) is 1. The van der Waals surface area contributed by atoms with E-state index in [0.717, 1.165) is 48.3 Å². The van der Waals surface area contributed by atoms with Gasteiger partial charge in [-0.1, -0.05) is 24.3 Å². The number of amidine groups is 1. The summed E-state index contributed by atoms with van der Waals surface area (Å²) in [5, 5.41) is 12.5. The molecular weight excluding hydrogens is 526 g/mol. The first-order chi connectivity index (χ1) is 20.4. The van der Waals surface area contributed by atoms with Crippen molar-refractivity contribution in [2.45, 2.75) is 25.7 Å². The number of nitrogens with zero attached hydrogens (tertiary/aromatic N) is 5. The number of nitriles is 1. The number of hydrogen-bond acceptors (Lipinski definition) is 6. The van der Waals surface area contributed by atoms with Gasteiger partial charge in [-0.25, -0.2) is 0 Å². The number of nitrogens with one attached hydrogen (secondary N) is 1. The van der Waals surface area contributed by atoms with Gasteiger partial charge in [-0.15, -0.1) is 4.59 Å². The second-order valence-corrected chi connectivity index (χ2v) is 11.9. The number of quaternary nitrogens is 1. The van der Waals surface area contributed by atoms with Crippen molar-refractivity contribution in [2.24, 2.45) is 39.5 Å². The minimum absolute atomic E-state index is 0.0671. The maximum Gasteiger partial charge on any atom is 0.264 e. The van der Waals surface area contributed by atoms with Crippen molar-refractivity contribution in [3.8, 4) is 6.07 Å². The summed E-state index contributed by atoms with van der Waals surface area (Å²) in [4.78, 5) is 37.2. The van der Waals surface area contributed by atoms with Crippen molar-refractivity contribution < 1.29 is 14.2 Å². The van der Waals surface area contributed by atoms with Crippen molar-refractivity contribution in [3.63, 3.8) is 0 Å². The molecule has 3 atom stereocenters. The molecule has 9 nitrogen and oxygen atoms in total. The van der Waals surface area contributed by atoms with E-state index in [-0.39, 0.29) is 22.3 Å². The minimum Gasteiger partial charge on any atom is -0.337 e. The largest absolute Gasteiger partial charge is 0.337 e. The number of fused-ring (bicyclic) bond motifs is 2. The predicted octanol–water partition coefficient (Wildman–Crippen LogP) is 4.50. The predicted molar refractivity (Wildman–Crippen MR) is 159 cm³/mol. The number of carbonyl (C=O) groups excluding carboxylic acids is 2. The number of amides is 2. The molecule has 3 N–H and O–H groups in total. The molecule has 0 aromatic heterocycles. The topological polar surface area (TPSA) is 124 Å². The third kappa shape index (κ3) is 4.69. The SMILES string of the molecule is N#C/C(=C/C1CC1)C(=O)N1CC2CC(C3=C4C=NC=C[N+]4(N)C(c4ccc(C(=O)Nc5ccccc5)cc4)=N3)CC2C1. The monoisotopic (exact) mass is 558 g/mol. The van der Waals surface area contributed by atoms with Crippen LogP contribution in [0.15, 0.2) is 100 Å². The normalized spacial score (nSPS) is 27.9. The summed E-state index contributed by atoms with van der Waals surface area (Å²) in [5.41, 5.74) is 4.22. The molecule has 5 aliphatic rings. The zero-order valence-corrected chi connectivity index (χ0v) is 23.2. The third-order valence-electron chi connectivity index (χ3n) is 9.06. The Bertz CT molecular complexity index is 1630. The van der Waals surface area contributed by atoms with Crippen molar-refractivity contribution in [1.82, 2.24) is 4.90 Å². The van der Waals surface area contributed by atoms with Crippen LogP contribution >= 0.6 is 0 Å². The molecule has 2 aliphatic carbocycles. The molecule has 0 bridgehead atoms. The van der Waals surface area contributed by atoms with Gasteiger partial charge in [0.2, 0.25) is 5.70 Å². The summed E-state index contributed by atoms with van der Waals surface area (Å²) in [6, 6.07) is 18.9. The van der Waals surface area contributed by atoms with E-state index in [1.807, 2.05) is 59.6 Å². The second-order valence-electron chi connectivity index (χ2n) is 11.9. The number of likely N-dealkylation sites (tertiary alicyclic amines) is 1. The van der Waals surface area contributed by atoms with Crippen LogP contribution in [0.2, 0.25) is 0 Å². The molecule has 3 aliphatic heterocycles. The van der Waals surface area contributed by atoms with Gasteiger partial charge in [0, 0.05) is 30.3 Å². The molecule has 2 saturated carbocycles. The summed E-state index contributed by atoms with van der Waals surface area (Å²) < 4.78 is -0.0671. The van der Waals surface area contributed by atoms with E-state index < -0.39 is 0 Å². The van der Waals surface area contributed by atoms with Crippen molar-refractivity contribution in [1.29, 1.82) is 5.26 Å². The highest BCUT2D eigenvalue weighted by Gasteiger charge is 2.50. The Kier molecular flexibility index (Phi) is 6.45. The first-order valence-corrected chi connectivity index (χ1v) is 14.5. The summed E-state index contributed by atoms with van der Waals surface area (Å²) in [7, 11) is 0. The number of allylic oxidation sites excluding steroid dienone is 3. The van der Waals surface area contributed by atoms with E-state index in [1.165, 1.54) is 0 Å². The zero-order chi connectivity index (χ0) is 28.8. The number of benzene rings is 2. The van der Waals surface area contributed by atoms with Crippen LogP contribution in [0.1, 0.15) is 41.6 Å². The number of anilines is 1. The highest BCUT2D eigenvalue weighted by molar-refractivity contribution is 6.05. The third-order valence-corrected chi connectivity index (χ3v) is 9.06. The fraction of sp³-hybridized carbons (Fsp3) is 0.303. The van der Waals surface area contributed by atoms with E-state index in [0.29, 0.717) is 47.8 Å². The summed E-state index contributed by atoms with van der Waals surface area (Å²) in [6.07, 6.45) is 11.2. The lowest BCUT2D eigenvalue weighted by molar-refractivity contribution is -0.750. The van der Waals surface area contributed by atoms with Crippen LogP contribution in [-0.2, 0) is 4.79 Å². The van der Waals surface area contributed by atoms with Crippen LogP contribution in [0, 0.1) is 35.0 Å². The maximum atomic E-state index is 13.0. The fourth-order valence-corrected chi connectivity index (χ4v) is 6.72. The van der Waals surface area contributed by atoms with E-state index in [9.17, 15) is 14.9 Å². The molecule has 3 unspecified atom stereocenters. The Hall–Kier alpha value is -4.65. The van der Waals surface area contributed by atoms with Crippen LogP contribution in [0.5, 0.6) is 0 Å². The smallest absolute Gasteiger partial charge is 0.264 e. The lowest BCUT2D eigenvalue weighted by atomic mass is 10.00. The van der Waals surface area contributed by atoms with E-state index in [2.05, 4.69) is 16.4 Å². The highest BCUT2D eigenvalue weighted by Crippen LogP contribution is 2.48.